The van der Waals surface area contributed by atoms with Gasteiger partial charge in [0.05, 0.1) is 7.11 Å². The van der Waals surface area contributed by atoms with Gasteiger partial charge < -0.3 is 25.2 Å². The van der Waals surface area contributed by atoms with E-state index in [0.29, 0.717) is 17.2 Å². The van der Waals surface area contributed by atoms with Crippen molar-refractivity contribution in [2.75, 3.05) is 12.4 Å². The first-order chi connectivity index (χ1) is 15.9. The maximum absolute atomic E-state index is 12.4. The van der Waals surface area contributed by atoms with Crippen molar-refractivity contribution in [2.24, 2.45) is 5.92 Å². The van der Waals surface area contributed by atoms with Crippen molar-refractivity contribution >= 4 is 34.9 Å². The van der Waals surface area contributed by atoms with Crippen LogP contribution in [0, 0.1) is 5.92 Å². The zero-order valence-corrected chi connectivity index (χ0v) is 19.3. The molecule has 0 fully saturated rings. The number of rotatable bonds is 8. The Labute approximate surface area is 196 Å². The minimum absolute atomic E-state index is 0.169. The number of benzene rings is 2. The number of nitrogens with zero attached hydrogens (tertiary/aromatic N) is 2. The Balaban J connectivity index is 1.58. The summed E-state index contributed by atoms with van der Waals surface area (Å²) >= 11 is 5.33. The van der Waals surface area contributed by atoms with Crippen molar-refractivity contribution in [3.8, 4) is 11.4 Å². The Morgan fingerprint density at radius 1 is 1.09 bits per heavy atom. The average molecular weight is 468 g/mol. The molecule has 1 aromatic heterocycles. The van der Waals surface area contributed by atoms with E-state index in [4.69, 9.17) is 21.5 Å². The smallest absolute Gasteiger partial charge is 0.328 e. The number of anilines is 1. The number of methoxy groups -OCH3 is 1. The molecule has 172 valence electrons. The number of thiocarbonyl (C=S) groups is 1. The normalized spacial score (nSPS) is 11.5. The highest BCUT2D eigenvalue weighted by Crippen LogP contribution is 2.19. The topological polar surface area (TPSA) is 118 Å². The molecule has 0 saturated heterocycles. The number of ether oxygens (including phenoxy) is 1. The fraction of sp³-hybridized carbons (Fsp3) is 0.261. The lowest BCUT2D eigenvalue weighted by atomic mass is 10.0. The van der Waals surface area contributed by atoms with Gasteiger partial charge in [-0.05, 0) is 48.0 Å². The van der Waals surface area contributed by atoms with E-state index in [1.807, 2.05) is 42.5 Å². The maximum Gasteiger partial charge on any atom is 0.328 e. The molecular weight excluding hydrogens is 442 g/mol. The fourth-order valence-electron chi connectivity index (χ4n) is 2.92. The predicted molar refractivity (Wildman–Crippen MR) is 127 cm³/mol. The minimum atomic E-state index is -0.817. The highest BCUT2D eigenvalue weighted by atomic mass is 32.1. The first kappa shape index (κ1) is 23.9. The van der Waals surface area contributed by atoms with Crippen molar-refractivity contribution in [1.82, 2.24) is 20.8 Å². The molecule has 33 heavy (non-hydrogen) atoms. The highest BCUT2D eigenvalue weighted by Gasteiger charge is 2.27. The summed E-state index contributed by atoms with van der Waals surface area (Å²) < 4.78 is 9.79. The summed E-state index contributed by atoms with van der Waals surface area (Å²) in [5.74, 6) is -1.36. The first-order valence-corrected chi connectivity index (χ1v) is 10.7. The van der Waals surface area contributed by atoms with E-state index in [9.17, 15) is 9.59 Å². The number of carbonyl (C=O) groups is 2. The molecule has 0 aliphatic carbocycles. The van der Waals surface area contributed by atoms with Crippen LogP contribution in [0.1, 0.15) is 30.1 Å². The summed E-state index contributed by atoms with van der Waals surface area (Å²) in [6, 6.07) is 16.3. The monoisotopic (exact) mass is 467 g/mol. The molecule has 1 heterocycles. The van der Waals surface area contributed by atoms with Crippen LogP contribution in [0.15, 0.2) is 59.1 Å². The van der Waals surface area contributed by atoms with Gasteiger partial charge in [0.25, 0.3) is 0 Å². The summed E-state index contributed by atoms with van der Waals surface area (Å²) in [5.41, 5.74) is 2.56. The number of aromatic nitrogens is 2. The van der Waals surface area contributed by atoms with E-state index < -0.39 is 17.9 Å². The summed E-state index contributed by atoms with van der Waals surface area (Å²) in [7, 11) is 1.26. The molecule has 1 unspecified atom stereocenters. The van der Waals surface area contributed by atoms with Crippen LogP contribution in [0.2, 0.25) is 0 Å². The molecule has 3 N–H and O–H groups in total. The molecule has 1 atom stereocenters. The van der Waals surface area contributed by atoms with Gasteiger partial charge in [-0.3, -0.25) is 4.79 Å². The van der Waals surface area contributed by atoms with Crippen LogP contribution in [0.3, 0.4) is 0 Å². The van der Waals surface area contributed by atoms with E-state index in [2.05, 4.69) is 26.1 Å². The molecular formula is C23H25N5O4S. The van der Waals surface area contributed by atoms with E-state index in [-0.39, 0.29) is 17.6 Å². The largest absolute Gasteiger partial charge is 0.467 e. The Hall–Kier alpha value is -3.79. The zero-order chi connectivity index (χ0) is 23.8. The standard InChI is InChI=1S/C23H25N5O4S/c1-14(2)18(22(30)31-3)26-20(29)21-27-19(28-32-21)16-9-11-17(12-10-16)25-23(33)24-13-15-7-5-4-6-8-15/h4-12,14,18H,13H2,1-3H3,(H,26,29)(H2,24,25,33). The number of hydrogen-bond donors (Lipinski definition) is 3. The van der Waals surface area contributed by atoms with Gasteiger partial charge in [-0.15, -0.1) is 0 Å². The second-order valence-electron chi connectivity index (χ2n) is 7.51. The average Bonchev–Trinajstić information content (AvgIpc) is 3.32. The van der Waals surface area contributed by atoms with Gasteiger partial charge in [-0.2, -0.15) is 4.98 Å². The van der Waals surface area contributed by atoms with E-state index in [1.54, 1.807) is 26.0 Å². The Bertz CT molecular complexity index is 1100. The number of hydrogen-bond acceptors (Lipinski definition) is 7. The lowest BCUT2D eigenvalue weighted by Crippen LogP contribution is -2.45. The molecule has 0 aliphatic rings. The van der Waals surface area contributed by atoms with E-state index in [1.165, 1.54) is 7.11 Å². The molecule has 0 spiro atoms. The lowest BCUT2D eigenvalue weighted by Gasteiger charge is -2.18. The lowest BCUT2D eigenvalue weighted by molar-refractivity contribution is -0.144. The zero-order valence-electron chi connectivity index (χ0n) is 18.5. The number of esters is 1. The van der Waals surface area contributed by atoms with Gasteiger partial charge >= 0.3 is 17.8 Å². The van der Waals surface area contributed by atoms with Crippen LogP contribution in [0.4, 0.5) is 5.69 Å². The van der Waals surface area contributed by atoms with Crippen LogP contribution in [0.25, 0.3) is 11.4 Å². The third-order valence-electron chi connectivity index (χ3n) is 4.73. The summed E-state index contributed by atoms with van der Waals surface area (Å²) in [4.78, 5) is 28.4. The summed E-state index contributed by atoms with van der Waals surface area (Å²) in [6.07, 6.45) is 0. The van der Waals surface area contributed by atoms with E-state index >= 15 is 0 Å². The quantitative estimate of drug-likeness (QED) is 0.339. The summed E-state index contributed by atoms with van der Waals surface area (Å²) in [6.45, 7) is 4.20. The first-order valence-electron chi connectivity index (χ1n) is 10.3. The highest BCUT2D eigenvalue weighted by molar-refractivity contribution is 7.80. The molecule has 3 aromatic rings. The van der Waals surface area contributed by atoms with Crippen molar-refractivity contribution in [3.05, 3.63) is 66.1 Å². The molecule has 10 heteroatoms. The molecule has 0 aliphatic heterocycles. The molecule has 0 radical (unpaired) electrons. The van der Waals surface area contributed by atoms with Gasteiger partial charge in [-0.1, -0.05) is 49.3 Å². The number of amides is 1. The van der Waals surface area contributed by atoms with Gasteiger partial charge in [0.2, 0.25) is 5.82 Å². The van der Waals surface area contributed by atoms with Crippen molar-refractivity contribution in [3.63, 3.8) is 0 Å². The third-order valence-corrected chi connectivity index (χ3v) is 4.97. The van der Waals surface area contributed by atoms with Gasteiger partial charge in [0.1, 0.15) is 6.04 Å². The number of carbonyl (C=O) groups excluding carboxylic acids is 2. The van der Waals surface area contributed by atoms with Gasteiger partial charge in [0, 0.05) is 17.8 Å². The number of nitrogens with one attached hydrogen (secondary N) is 3. The van der Waals surface area contributed by atoms with Crippen molar-refractivity contribution in [1.29, 1.82) is 0 Å². The molecule has 0 bridgehead atoms. The molecule has 3 rings (SSSR count). The van der Waals surface area contributed by atoms with E-state index in [0.717, 1.165) is 11.3 Å². The molecule has 1 amide bonds. The predicted octanol–water partition coefficient (Wildman–Crippen LogP) is 3.15. The second-order valence-corrected chi connectivity index (χ2v) is 7.92. The van der Waals surface area contributed by atoms with Crippen LogP contribution >= 0.6 is 12.2 Å². The van der Waals surface area contributed by atoms with Crippen LogP contribution in [-0.2, 0) is 16.1 Å². The second kappa shape index (κ2) is 11.2. The molecule has 0 saturated carbocycles. The van der Waals surface area contributed by atoms with Crippen molar-refractivity contribution in [2.45, 2.75) is 26.4 Å². The fourth-order valence-corrected chi connectivity index (χ4v) is 3.11. The summed E-state index contributed by atoms with van der Waals surface area (Å²) in [5, 5.41) is 13.2. The van der Waals surface area contributed by atoms with Gasteiger partial charge in [0.15, 0.2) is 5.11 Å². The van der Waals surface area contributed by atoms with Crippen LogP contribution < -0.4 is 16.0 Å². The maximum atomic E-state index is 12.4. The van der Waals surface area contributed by atoms with Crippen LogP contribution in [-0.4, -0.2) is 40.3 Å². The molecule has 9 nitrogen and oxygen atoms in total. The Morgan fingerprint density at radius 3 is 2.42 bits per heavy atom. The van der Waals surface area contributed by atoms with Gasteiger partial charge in [-0.25, -0.2) is 4.79 Å². The van der Waals surface area contributed by atoms with Crippen molar-refractivity contribution < 1.29 is 18.8 Å². The Kier molecular flexibility index (Phi) is 8.09. The van der Waals surface area contributed by atoms with Crippen LogP contribution in [0.5, 0.6) is 0 Å². The molecule has 2 aromatic carbocycles. The SMILES string of the molecule is COC(=O)C(NC(=O)c1nc(-c2ccc(NC(=S)NCc3ccccc3)cc2)no1)C(C)C. The third kappa shape index (κ3) is 6.59. The Morgan fingerprint density at radius 2 is 1.79 bits per heavy atom. The minimum Gasteiger partial charge on any atom is -0.467 e.